The van der Waals surface area contributed by atoms with Crippen molar-refractivity contribution in [2.24, 2.45) is 0 Å². The van der Waals surface area contributed by atoms with E-state index in [0.29, 0.717) is 11.3 Å². The molecule has 10 heteroatoms. The van der Waals surface area contributed by atoms with Crippen LogP contribution in [0.3, 0.4) is 0 Å². The molecule has 0 unspecified atom stereocenters. The number of benzene rings is 3. The van der Waals surface area contributed by atoms with E-state index in [1.54, 1.807) is 37.3 Å². The van der Waals surface area contributed by atoms with Crippen LogP contribution in [0, 0.1) is 12.7 Å². The van der Waals surface area contributed by atoms with Gasteiger partial charge < -0.3 is 15.0 Å². The molecule has 0 aliphatic heterocycles. The van der Waals surface area contributed by atoms with Gasteiger partial charge in [-0.15, -0.1) is 0 Å². The number of hydrogen-bond donors (Lipinski definition) is 1. The SMILES string of the molecule is COc1cccc(CN(C(=O)CN(c2ccc(F)cc2)S(=O)(=O)c2ccc(C)cc2)[C@@H](C)C(=O)NC2CCCC2)c1. The average molecular weight is 582 g/mol. The van der Waals surface area contributed by atoms with Gasteiger partial charge in [0.25, 0.3) is 10.0 Å². The lowest BCUT2D eigenvalue weighted by Gasteiger charge is -2.32. The van der Waals surface area contributed by atoms with Crippen molar-refractivity contribution in [3.63, 3.8) is 0 Å². The Labute approximate surface area is 241 Å². The van der Waals surface area contributed by atoms with Crippen LogP contribution < -0.4 is 14.4 Å². The standard InChI is InChI=1S/C31H36FN3O5S/c1-22-11-17-29(18-12-22)41(38,39)35(27-15-13-25(32)14-16-27)21-30(36)34(20-24-7-6-10-28(19-24)40-3)23(2)31(37)33-26-8-4-5-9-26/h6-7,10-19,23,26H,4-5,8-9,20-21H2,1-3H3,(H,33,37)/t23-/m0/s1. The first kappa shape index (κ1) is 30.0. The second-order valence-electron chi connectivity index (χ2n) is 10.3. The number of anilines is 1. The minimum absolute atomic E-state index is 0.00778. The van der Waals surface area contributed by atoms with Crippen LogP contribution in [0.1, 0.15) is 43.7 Å². The number of carbonyl (C=O) groups excluding carboxylic acids is 2. The fourth-order valence-electron chi connectivity index (χ4n) is 4.92. The Hall–Kier alpha value is -3.92. The van der Waals surface area contributed by atoms with Crippen LogP contribution in [0.4, 0.5) is 10.1 Å². The minimum Gasteiger partial charge on any atom is -0.497 e. The Morgan fingerprint density at radius 3 is 2.32 bits per heavy atom. The Morgan fingerprint density at radius 2 is 1.68 bits per heavy atom. The third-order valence-electron chi connectivity index (χ3n) is 7.36. The van der Waals surface area contributed by atoms with Crippen molar-refractivity contribution in [3.8, 4) is 5.75 Å². The molecule has 3 aromatic carbocycles. The maximum absolute atomic E-state index is 14.0. The lowest BCUT2D eigenvalue weighted by Crippen LogP contribution is -2.52. The largest absolute Gasteiger partial charge is 0.497 e. The first-order valence-corrected chi connectivity index (χ1v) is 15.1. The fourth-order valence-corrected chi connectivity index (χ4v) is 6.33. The van der Waals surface area contributed by atoms with Gasteiger partial charge in [0.05, 0.1) is 17.7 Å². The highest BCUT2D eigenvalue weighted by Gasteiger charge is 2.33. The molecule has 0 aromatic heterocycles. The van der Waals surface area contributed by atoms with E-state index in [-0.39, 0.29) is 29.1 Å². The first-order chi connectivity index (χ1) is 19.6. The van der Waals surface area contributed by atoms with Crippen molar-refractivity contribution in [3.05, 3.63) is 89.7 Å². The third-order valence-corrected chi connectivity index (χ3v) is 9.15. The number of rotatable bonds is 11. The van der Waals surface area contributed by atoms with Gasteiger partial charge in [-0.1, -0.05) is 42.7 Å². The van der Waals surface area contributed by atoms with Crippen molar-refractivity contribution in [1.29, 1.82) is 0 Å². The van der Waals surface area contributed by atoms with Crippen molar-refractivity contribution in [2.75, 3.05) is 18.0 Å². The van der Waals surface area contributed by atoms with Crippen LogP contribution in [0.25, 0.3) is 0 Å². The summed E-state index contributed by atoms with van der Waals surface area (Å²) in [6.07, 6.45) is 3.84. The summed E-state index contributed by atoms with van der Waals surface area (Å²) >= 11 is 0. The lowest BCUT2D eigenvalue weighted by molar-refractivity contribution is -0.139. The zero-order chi connectivity index (χ0) is 29.6. The number of ether oxygens (including phenoxy) is 1. The summed E-state index contributed by atoms with van der Waals surface area (Å²) in [6.45, 7) is 2.94. The fraction of sp³-hybridized carbons (Fsp3) is 0.355. The highest BCUT2D eigenvalue weighted by molar-refractivity contribution is 7.92. The van der Waals surface area contributed by atoms with Crippen molar-refractivity contribution in [2.45, 2.75) is 63.1 Å². The molecule has 1 saturated carbocycles. The number of amides is 2. The molecule has 41 heavy (non-hydrogen) atoms. The van der Waals surface area contributed by atoms with Crippen LogP contribution in [0.2, 0.25) is 0 Å². The average Bonchev–Trinajstić information content (AvgIpc) is 3.48. The van der Waals surface area contributed by atoms with Gasteiger partial charge in [0.2, 0.25) is 11.8 Å². The van der Waals surface area contributed by atoms with Crippen LogP contribution in [-0.4, -0.2) is 50.9 Å². The number of aryl methyl sites for hydroxylation is 1. The minimum atomic E-state index is -4.22. The van der Waals surface area contributed by atoms with Crippen LogP contribution in [0.15, 0.2) is 77.7 Å². The van der Waals surface area contributed by atoms with E-state index in [1.165, 1.54) is 36.3 Å². The van der Waals surface area contributed by atoms with Crippen molar-refractivity contribution < 1.29 is 27.1 Å². The molecule has 0 heterocycles. The van der Waals surface area contributed by atoms with Gasteiger partial charge in [-0.25, -0.2) is 12.8 Å². The summed E-state index contributed by atoms with van der Waals surface area (Å²) in [5.41, 5.74) is 1.72. The molecule has 1 aliphatic carbocycles. The zero-order valence-electron chi connectivity index (χ0n) is 23.5. The lowest BCUT2D eigenvalue weighted by atomic mass is 10.1. The molecule has 1 atom stereocenters. The Morgan fingerprint density at radius 1 is 1.02 bits per heavy atom. The van der Waals surface area contributed by atoms with E-state index in [4.69, 9.17) is 4.74 Å². The molecule has 0 spiro atoms. The van der Waals surface area contributed by atoms with Gasteiger partial charge in [-0.05, 0) is 80.8 Å². The summed E-state index contributed by atoms with van der Waals surface area (Å²) in [5.74, 6) is -0.831. The quantitative estimate of drug-likeness (QED) is 0.351. The smallest absolute Gasteiger partial charge is 0.264 e. The highest BCUT2D eigenvalue weighted by atomic mass is 32.2. The predicted molar refractivity (Wildman–Crippen MR) is 156 cm³/mol. The molecule has 218 valence electrons. The molecule has 0 radical (unpaired) electrons. The van der Waals surface area contributed by atoms with Gasteiger partial charge >= 0.3 is 0 Å². The molecular formula is C31H36FN3O5S. The molecule has 1 N–H and O–H groups in total. The molecule has 0 bridgehead atoms. The number of nitrogens with zero attached hydrogens (tertiary/aromatic N) is 2. The molecule has 8 nitrogen and oxygen atoms in total. The van der Waals surface area contributed by atoms with E-state index >= 15 is 0 Å². The molecule has 2 amide bonds. The van der Waals surface area contributed by atoms with E-state index in [9.17, 15) is 22.4 Å². The Balaban J connectivity index is 1.68. The topological polar surface area (TPSA) is 96.0 Å². The van der Waals surface area contributed by atoms with E-state index in [2.05, 4.69) is 5.32 Å². The van der Waals surface area contributed by atoms with Crippen LogP contribution >= 0.6 is 0 Å². The van der Waals surface area contributed by atoms with Crippen LogP contribution in [-0.2, 0) is 26.2 Å². The number of methoxy groups -OCH3 is 1. The first-order valence-electron chi connectivity index (χ1n) is 13.7. The second-order valence-corrected chi connectivity index (χ2v) is 12.2. The number of sulfonamides is 1. The van der Waals surface area contributed by atoms with Gasteiger partial charge in [0, 0.05) is 12.6 Å². The highest BCUT2D eigenvalue weighted by Crippen LogP contribution is 2.26. The summed E-state index contributed by atoms with van der Waals surface area (Å²) in [6, 6.07) is 17.5. The summed E-state index contributed by atoms with van der Waals surface area (Å²) in [4.78, 5) is 28.7. The van der Waals surface area contributed by atoms with Gasteiger partial charge in [-0.3, -0.25) is 13.9 Å². The monoisotopic (exact) mass is 581 g/mol. The maximum Gasteiger partial charge on any atom is 0.264 e. The Kier molecular flexibility index (Phi) is 9.65. The van der Waals surface area contributed by atoms with E-state index < -0.39 is 34.3 Å². The van der Waals surface area contributed by atoms with Gasteiger partial charge in [0.1, 0.15) is 24.2 Å². The second kappa shape index (κ2) is 13.2. The Bertz CT molecular complexity index is 1460. The number of nitrogens with one attached hydrogen (secondary N) is 1. The molecule has 1 fully saturated rings. The summed E-state index contributed by atoms with van der Waals surface area (Å²) in [7, 11) is -2.68. The molecule has 3 aromatic rings. The third kappa shape index (κ3) is 7.43. The number of halogens is 1. The molecule has 1 aliphatic rings. The molecular weight excluding hydrogens is 545 g/mol. The van der Waals surface area contributed by atoms with Gasteiger partial charge in [0.15, 0.2) is 0 Å². The van der Waals surface area contributed by atoms with E-state index in [0.717, 1.165) is 47.7 Å². The van der Waals surface area contributed by atoms with Crippen LogP contribution in [0.5, 0.6) is 5.75 Å². The predicted octanol–water partition coefficient (Wildman–Crippen LogP) is 4.81. The molecule has 0 saturated heterocycles. The normalized spacial score (nSPS) is 14.3. The summed E-state index contributed by atoms with van der Waals surface area (Å²) in [5, 5.41) is 3.04. The number of hydrogen-bond acceptors (Lipinski definition) is 5. The maximum atomic E-state index is 14.0. The zero-order valence-corrected chi connectivity index (χ0v) is 24.4. The van der Waals surface area contributed by atoms with Crippen molar-refractivity contribution in [1.82, 2.24) is 10.2 Å². The van der Waals surface area contributed by atoms with Crippen molar-refractivity contribution >= 4 is 27.5 Å². The van der Waals surface area contributed by atoms with E-state index in [1.807, 2.05) is 13.0 Å². The number of carbonyl (C=O) groups is 2. The van der Waals surface area contributed by atoms with Gasteiger partial charge in [-0.2, -0.15) is 0 Å². The summed E-state index contributed by atoms with van der Waals surface area (Å²) < 4.78 is 47.7. The molecule has 4 rings (SSSR count).